The third-order valence-corrected chi connectivity index (χ3v) is 1.68. The van der Waals surface area contributed by atoms with E-state index in [1.807, 2.05) is 24.3 Å². The van der Waals surface area contributed by atoms with Crippen LogP contribution in [0.15, 0.2) is 42.6 Å². The van der Waals surface area contributed by atoms with E-state index in [0.29, 0.717) is 10.1 Å². The van der Waals surface area contributed by atoms with Gasteiger partial charge < -0.3 is 0 Å². The average Bonchev–Trinajstić information content (AvgIpc) is 2.29. The van der Waals surface area contributed by atoms with E-state index in [0.717, 1.165) is 5.39 Å². The van der Waals surface area contributed by atoms with Gasteiger partial charge in [0.2, 0.25) is 0 Å². The Morgan fingerprint density at radius 1 is 1.08 bits per heavy atom. The second-order valence-corrected chi connectivity index (χ2v) is 2.46. The van der Waals surface area contributed by atoms with Crippen molar-refractivity contribution < 1.29 is 4.54 Å². The van der Waals surface area contributed by atoms with Gasteiger partial charge in [-0.15, -0.1) is 0 Å². The van der Waals surface area contributed by atoms with Gasteiger partial charge in [-0.3, -0.25) is 0 Å². The van der Waals surface area contributed by atoms with Crippen LogP contribution >= 0.6 is 0 Å². The average molecular weight is 159 g/mol. The number of rotatable bonds is 0. The molecule has 58 valence electrons. The molecular weight excluding hydrogens is 152 g/mol. The van der Waals surface area contributed by atoms with Crippen LogP contribution in [-0.2, 0) is 0 Å². The van der Waals surface area contributed by atoms with E-state index >= 15 is 0 Å². The van der Waals surface area contributed by atoms with Crippen LogP contribution in [-0.4, -0.2) is 5.10 Å². The Kier molecular flexibility index (Phi) is 1.55. The first-order chi connectivity index (χ1) is 5.88. The van der Waals surface area contributed by atoms with Crippen LogP contribution in [0, 0.1) is 4.91 Å². The molecule has 2 aromatic rings. The lowest BCUT2D eigenvalue weighted by Crippen LogP contribution is -2.16. The highest BCUT2D eigenvalue weighted by molar-refractivity contribution is 5.74. The van der Waals surface area contributed by atoms with Gasteiger partial charge in [0.15, 0.2) is 4.54 Å². The summed E-state index contributed by atoms with van der Waals surface area (Å²) >= 11 is 0. The maximum absolute atomic E-state index is 11.2. The second kappa shape index (κ2) is 2.70. The molecule has 0 aliphatic rings. The lowest BCUT2D eigenvalue weighted by atomic mass is 10.2. The summed E-state index contributed by atoms with van der Waals surface area (Å²) in [7, 11) is 0. The van der Waals surface area contributed by atoms with Gasteiger partial charge in [0.25, 0.3) is 0 Å². The summed E-state index contributed by atoms with van der Waals surface area (Å²) in [5.41, 5.74) is 0.586. The minimum atomic E-state index is 0.586. The summed E-state index contributed by atoms with van der Waals surface area (Å²) in [5.74, 6) is 0. The molecule has 0 atom stereocenters. The van der Waals surface area contributed by atoms with Crippen LogP contribution in [0.1, 0.15) is 0 Å². The van der Waals surface area contributed by atoms with Gasteiger partial charge in [-0.25, -0.2) is 0 Å². The highest BCUT2D eigenvalue weighted by atomic mass is 16.3. The van der Waals surface area contributed by atoms with E-state index in [1.54, 1.807) is 12.1 Å². The minimum Gasteiger partial charge on any atom is -0.0612 e. The Morgan fingerprint density at radius 2 is 1.83 bits per heavy atom. The zero-order chi connectivity index (χ0) is 8.39. The maximum Gasteiger partial charge on any atom is 0.302 e. The van der Waals surface area contributed by atoms with Crippen molar-refractivity contribution in [1.29, 1.82) is 0 Å². The topological polar surface area (TPSA) is 35.9 Å². The van der Waals surface area contributed by atoms with Crippen LogP contribution in [0.3, 0.4) is 0 Å². The van der Waals surface area contributed by atoms with Gasteiger partial charge in [-0.1, -0.05) is 12.1 Å². The molecule has 2 rings (SSSR count). The maximum atomic E-state index is 11.2. The lowest BCUT2D eigenvalue weighted by molar-refractivity contribution is -0.535. The van der Waals surface area contributed by atoms with Gasteiger partial charge >= 0.3 is 5.52 Å². The molecule has 0 N–H and O–H groups in total. The second-order valence-electron chi connectivity index (χ2n) is 2.46. The SMILES string of the molecule is O=[n+]1ncccc2ccccc21. The molecule has 0 amide bonds. The van der Waals surface area contributed by atoms with Crippen molar-refractivity contribution in [3.63, 3.8) is 0 Å². The Labute approximate surface area is 68.9 Å². The standard InChI is InChI=1S/C9H7N2O/c12-11-9-6-2-1-4-8(9)5-3-7-10-11/h1-7H/q+1. The molecule has 1 heterocycles. The van der Waals surface area contributed by atoms with Crippen molar-refractivity contribution in [1.82, 2.24) is 5.10 Å². The van der Waals surface area contributed by atoms with Gasteiger partial charge in [0.1, 0.15) is 0 Å². The third kappa shape index (κ3) is 1.05. The zero-order valence-electron chi connectivity index (χ0n) is 6.34. The first-order valence-corrected chi connectivity index (χ1v) is 3.65. The molecular formula is C9H7N2O+. The molecule has 0 aliphatic heterocycles. The van der Waals surface area contributed by atoms with E-state index in [9.17, 15) is 4.91 Å². The number of para-hydroxylation sites is 1. The predicted octanol–water partition coefficient (Wildman–Crippen LogP) is 1.15. The summed E-state index contributed by atoms with van der Waals surface area (Å²) in [6, 6.07) is 10.9. The molecule has 12 heavy (non-hydrogen) atoms. The minimum absolute atomic E-state index is 0.586. The van der Waals surface area contributed by atoms with Crippen LogP contribution < -0.4 is 4.54 Å². The normalized spacial score (nSPS) is 10.0. The highest BCUT2D eigenvalue weighted by Crippen LogP contribution is 2.04. The summed E-state index contributed by atoms with van der Waals surface area (Å²) in [6.07, 6.45) is 1.48. The molecule has 0 saturated heterocycles. The van der Waals surface area contributed by atoms with Crippen LogP contribution in [0.2, 0.25) is 0 Å². The van der Waals surface area contributed by atoms with E-state index in [-0.39, 0.29) is 0 Å². The fourth-order valence-corrected chi connectivity index (χ4v) is 1.11. The number of nitrogens with zero attached hydrogens (tertiary/aromatic N) is 2. The number of benzene rings is 1. The molecule has 0 unspecified atom stereocenters. The smallest absolute Gasteiger partial charge is 0.0612 e. The summed E-state index contributed by atoms with van der Waals surface area (Å²) in [4.78, 5) is 11.2. The van der Waals surface area contributed by atoms with Crippen molar-refractivity contribution in [2.24, 2.45) is 0 Å². The lowest BCUT2D eigenvalue weighted by Gasteiger charge is -1.78. The Balaban J connectivity index is 3.06. The fourth-order valence-electron chi connectivity index (χ4n) is 1.11. The number of fused-ring (bicyclic) bond motifs is 1. The quantitative estimate of drug-likeness (QED) is 0.540. The number of hydrogen-bond donors (Lipinski definition) is 0. The molecule has 0 spiro atoms. The largest absolute Gasteiger partial charge is 0.302 e. The molecule has 0 bridgehead atoms. The fraction of sp³-hybridized carbons (Fsp3) is 0. The molecule has 0 aliphatic carbocycles. The molecule has 3 nitrogen and oxygen atoms in total. The Morgan fingerprint density at radius 3 is 2.75 bits per heavy atom. The third-order valence-electron chi connectivity index (χ3n) is 1.68. The molecule has 0 fully saturated rings. The number of aromatic nitrogens is 2. The Hall–Kier alpha value is -1.77. The predicted molar refractivity (Wildman–Crippen MR) is 45.1 cm³/mol. The monoisotopic (exact) mass is 159 g/mol. The summed E-state index contributed by atoms with van der Waals surface area (Å²) in [6.45, 7) is 0. The number of hydrogen-bond acceptors (Lipinski definition) is 2. The molecule has 0 radical (unpaired) electrons. The first kappa shape index (κ1) is 6.91. The molecule has 0 saturated carbocycles. The van der Waals surface area contributed by atoms with Gasteiger partial charge in [-0.2, -0.15) is 0 Å². The summed E-state index contributed by atoms with van der Waals surface area (Å²) < 4.78 is 0.620. The van der Waals surface area contributed by atoms with Crippen molar-refractivity contribution >= 4 is 10.9 Å². The van der Waals surface area contributed by atoms with Crippen molar-refractivity contribution in [3.05, 3.63) is 47.5 Å². The highest BCUT2D eigenvalue weighted by Gasteiger charge is 2.01. The van der Waals surface area contributed by atoms with E-state index in [4.69, 9.17) is 0 Å². The van der Waals surface area contributed by atoms with E-state index in [2.05, 4.69) is 5.10 Å². The summed E-state index contributed by atoms with van der Waals surface area (Å²) in [5, 5.41) is 4.52. The van der Waals surface area contributed by atoms with E-state index in [1.165, 1.54) is 6.20 Å². The van der Waals surface area contributed by atoms with Crippen LogP contribution in [0.25, 0.3) is 10.9 Å². The molecule has 3 heteroatoms. The van der Waals surface area contributed by atoms with Crippen molar-refractivity contribution in [2.45, 2.75) is 0 Å². The van der Waals surface area contributed by atoms with Crippen molar-refractivity contribution in [2.75, 3.05) is 0 Å². The first-order valence-electron chi connectivity index (χ1n) is 3.65. The van der Waals surface area contributed by atoms with Crippen LogP contribution in [0.5, 0.6) is 0 Å². The van der Waals surface area contributed by atoms with Gasteiger partial charge in [0, 0.05) is 11.2 Å². The molecule has 1 aromatic carbocycles. The van der Waals surface area contributed by atoms with Gasteiger partial charge in [-0.05, 0) is 18.2 Å². The van der Waals surface area contributed by atoms with Crippen molar-refractivity contribution in [3.8, 4) is 0 Å². The van der Waals surface area contributed by atoms with Crippen LogP contribution in [0.4, 0.5) is 0 Å². The van der Waals surface area contributed by atoms with E-state index < -0.39 is 0 Å². The molecule has 1 aromatic heterocycles. The Bertz CT molecular complexity index is 468. The zero-order valence-corrected chi connectivity index (χ0v) is 6.34. The van der Waals surface area contributed by atoms with Gasteiger partial charge in [0.05, 0.1) is 16.5 Å².